The van der Waals surface area contributed by atoms with E-state index in [1.807, 2.05) is 6.07 Å². The molecule has 1 unspecified atom stereocenters. The van der Waals surface area contributed by atoms with Crippen molar-refractivity contribution in [1.29, 1.82) is 0 Å². The zero-order chi connectivity index (χ0) is 10.6. The van der Waals surface area contributed by atoms with Crippen molar-refractivity contribution in [2.45, 2.75) is 19.4 Å². The fraction of sp³-hybridized carbons (Fsp3) is 0.300. The molecule has 1 N–H and O–H groups in total. The fourth-order valence-corrected chi connectivity index (χ4v) is 1.10. The van der Waals surface area contributed by atoms with Crippen LogP contribution in [-0.2, 0) is 4.79 Å². The predicted octanol–water partition coefficient (Wildman–Crippen LogP) is 2.13. The molecule has 1 aromatic carbocycles. The monoisotopic (exact) mass is 199 g/mol. The summed E-state index contributed by atoms with van der Waals surface area (Å²) in [4.78, 5) is 10.7. The zero-order valence-corrected chi connectivity index (χ0v) is 7.71. The summed E-state index contributed by atoms with van der Waals surface area (Å²) < 4.78 is 23.8. The van der Waals surface area contributed by atoms with Crippen molar-refractivity contribution in [2.24, 2.45) is 0 Å². The van der Waals surface area contributed by atoms with E-state index in [1.165, 1.54) is 0 Å². The van der Waals surface area contributed by atoms with Crippen LogP contribution in [0.3, 0.4) is 0 Å². The summed E-state index contributed by atoms with van der Waals surface area (Å²) in [6, 6.07) is 8.57. The molecular formula is C10H11F2NO. The molecule has 14 heavy (non-hydrogen) atoms. The minimum absolute atomic E-state index is 0.391. The SMILES string of the molecule is CC(NC(=O)C(F)F)c1ccccc1. The van der Waals surface area contributed by atoms with Gasteiger partial charge in [0.15, 0.2) is 0 Å². The predicted molar refractivity (Wildman–Crippen MR) is 49.0 cm³/mol. The Labute approximate surface area is 80.9 Å². The number of halogens is 2. The van der Waals surface area contributed by atoms with E-state index in [2.05, 4.69) is 5.32 Å². The number of carbonyl (C=O) groups excluding carboxylic acids is 1. The first kappa shape index (κ1) is 10.6. The number of alkyl halides is 2. The molecule has 0 aliphatic heterocycles. The number of benzene rings is 1. The van der Waals surface area contributed by atoms with Crippen LogP contribution in [0.1, 0.15) is 18.5 Å². The lowest BCUT2D eigenvalue weighted by Crippen LogP contribution is -2.31. The van der Waals surface area contributed by atoms with Gasteiger partial charge in [-0.05, 0) is 12.5 Å². The molecule has 0 heterocycles. The molecule has 0 aliphatic carbocycles. The zero-order valence-electron chi connectivity index (χ0n) is 7.71. The van der Waals surface area contributed by atoms with Gasteiger partial charge in [-0.25, -0.2) is 0 Å². The molecule has 0 saturated heterocycles. The van der Waals surface area contributed by atoms with Crippen molar-refractivity contribution in [3.63, 3.8) is 0 Å². The maximum atomic E-state index is 11.9. The first-order chi connectivity index (χ1) is 6.61. The highest BCUT2D eigenvalue weighted by atomic mass is 19.3. The van der Waals surface area contributed by atoms with Gasteiger partial charge in [0.05, 0.1) is 6.04 Å². The molecule has 1 rings (SSSR count). The topological polar surface area (TPSA) is 29.1 Å². The normalized spacial score (nSPS) is 12.6. The first-order valence-electron chi connectivity index (χ1n) is 4.24. The largest absolute Gasteiger partial charge is 0.345 e. The Kier molecular flexibility index (Phi) is 3.56. The number of hydrogen-bond acceptors (Lipinski definition) is 1. The highest BCUT2D eigenvalue weighted by Gasteiger charge is 2.17. The number of amides is 1. The van der Waals surface area contributed by atoms with E-state index in [4.69, 9.17) is 0 Å². The molecular weight excluding hydrogens is 188 g/mol. The molecule has 0 bridgehead atoms. The van der Waals surface area contributed by atoms with E-state index in [0.717, 1.165) is 5.56 Å². The number of hydrogen-bond donors (Lipinski definition) is 1. The van der Waals surface area contributed by atoms with Crippen molar-refractivity contribution in [1.82, 2.24) is 5.32 Å². The van der Waals surface area contributed by atoms with Crippen LogP contribution in [0.25, 0.3) is 0 Å². The Morgan fingerprint density at radius 3 is 2.36 bits per heavy atom. The van der Waals surface area contributed by atoms with Gasteiger partial charge in [0.1, 0.15) is 0 Å². The van der Waals surface area contributed by atoms with Crippen LogP contribution in [0.15, 0.2) is 30.3 Å². The summed E-state index contributed by atoms with van der Waals surface area (Å²) in [6.45, 7) is 1.66. The Morgan fingerprint density at radius 1 is 1.29 bits per heavy atom. The summed E-state index contributed by atoms with van der Waals surface area (Å²) >= 11 is 0. The quantitative estimate of drug-likeness (QED) is 0.793. The Hall–Kier alpha value is -1.45. The third-order valence-electron chi connectivity index (χ3n) is 1.86. The third-order valence-corrected chi connectivity index (χ3v) is 1.86. The molecule has 4 heteroatoms. The van der Waals surface area contributed by atoms with E-state index >= 15 is 0 Å². The van der Waals surface area contributed by atoms with Gasteiger partial charge in [-0.3, -0.25) is 4.79 Å². The maximum Gasteiger partial charge on any atom is 0.315 e. The van der Waals surface area contributed by atoms with Crippen LogP contribution in [0, 0.1) is 0 Å². The summed E-state index contributed by atoms with van der Waals surface area (Å²) in [5.74, 6) is -1.23. The number of carbonyl (C=O) groups is 1. The number of rotatable bonds is 3. The summed E-state index contributed by atoms with van der Waals surface area (Å²) in [5.41, 5.74) is 0.807. The smallest absolute Gasteiger partial charge is 0.315 e. The second-order valence-corrected chi connectivity index (χ2v) is 2.94. The van der Waals surface area contributed by atoms with Crippen LogP contribution in [0.4, 0.5) is 8.78 Å². The van der Waals surface area contributed by atoms with Gasteiger partial charge in [-0.1, -0.05) is 30.3 Å². The van der Waals surface area contributed by atoms with E-state index in [-0.39, 0.29) is 0 Å². The lowest BCUT2D eigenvalue weighted by atomic mass is 10.1. The second kappa shape index (κ2) is 4.69. The molecule has 0 saturated carbocycles. The molecule has 0 aromatic heterocycles. The van der Waals surface area contributed by atoms with E-state index in [0.29, 0.717) is 0 Å². The molecule has 0 spiro atoms. The Bertz CT molecular complexity index is 300. The van der Waals surface area contributed by atoms with Crippen LogP contribution in [0.5, 0.6) is 0 Å². The van der Waals surface area contributed by atoms with E-state index in [9.17, 15) is 13.6 Å². The van der Waals surface area contributed by atoms with Crippen molar-refractivity contribution < 1.29 is 13.6 Å². The van der Waals surface area contributed by atoms with Gasteiger partial charge in [0, 0.05) is 0 Å². The summed E-state index contributed by atoms with van der Waals surface area (Å²) in [5, 5.41) is 2.21. The number of nitrogens with one attached hydrogen (secondary N) is 1. The maximum absolute atomic E-state index is 11.9. The van der Waals surface area contributed by atoms with Crippen LogP contribution >= 0.6 is 0 Å². The average molecular weight is 199 g/mol. The average Bonchev–Trinajstić information content (AvgIpc) is 2.19. The van der Waals surface area contributed by atoms with Crippen molar-refractivity contribution in [2.75, 3.05) is 0 Å². The molecule has 1 atom stereocenters. The molecule has 1 aromatic rings. The van der Waals surface area contributed by atoms with Gasteiger partial charge >= 0.3 is 6.43 Å². The highest BCUT2D eigenvalue weighted by Crippen LogP contribution is 2.11. The van der Waals surface area contributed by atoms with Gasteiger partial charge < -0.3 is 5.32 Å². The summed E-state index contributed by atoms with van der Waals surface area (Å²) in [6.07, 6.45) is -2.96. The van der Waals surface area contributed by atoms with E-state index in [1.54, 1.807) is 31.2 Å². The standard InChI is InChI=1S/C10H11F2NO/c1-7(13-10(14)9(11)12)8-5-3-2-4-6-8/h2-7,9H,1H3,(H,13,14). The lowest BCUT2D eigenvalue weighted by Gasteiger charge is -2.13. The Balaban J connectivity index is 2.59. The summed E-state index contributed by atoms with van der Waals surface area (Å²) in [7, 11) is 0. The third kappa shape index (κ3) is 2.80. The van der Waals surface area contributed by atoms with Gasteiger partial charge in [0.25, 0.3) is 5.91 Å². The molecule has 1 amide bonds. The lowest BCUT2D eigenvalue weighted by molar-refractivity contribution is -0.132. The highest BCUT2D eigenvalue weighted by molar-refractivity contribution is 5.79. The van der Waals surface area contributed by atoms with E-state index < -0.39 is 18.4 Å². The second-order valence-electron chi connectivity index (χ2n) is 2.94. The molecule has 0 radical (unpaired) electrons. The van der Waals surface area contributed by atoms with Crippen molar-refractivity contribution in [3.8, 4) is 0 Å². The van der Waals surface area contributed by atoms with Gasteiger partial charge in [-0.2, -0.15) is 8.78 Å². The van der Waals surface area contributed by atoms with Crippen LogP contribution in [0.2, 0.25) is 0 Å². The van der Waals surface area contributed by atoms with Crippen LogP contribution < -0.4 is 5.32 Å². The molecule has 0 fully saturated rings. The minimum Gasteiger partial charge on any atom is -0.345 e. The van der Waals surface area contributed by atoms with Crippen molar-refractivity contribution in [3.05, 3.63) is 35.9 Å². The molecule has 76 valence electrons. The van der Waals surface area contributed by atoms with Crippen molar-refractivity contribution >= 4 is 5.91 Å². The molecule has 0 aliphatic rings. The fourth-order valence-electron chi connectivity index (χ4n) is 1.10. The first-order valence-corrected chi connectivity index (χ1v) is 4.24. The van der Waals surface area contributed by atoms with Gasteiger partial charge in [0.2, 0.25) is 0 Å². The Morgan fingerprint density at radius 2 is 1.86 bits per heavy atom. The van der Waals surface area contributed by atoms with Crippen LogP contribution in [-0.4, -0.2) is 12.3 Å². The minimum atomic E-state index is -2.96. The van der Waals surface area contributed by atoms with Gasteiger partial charge in [-0.15, -0.1) is 0 Å². The molecule has 2 nitrogen and oxygen atoms in total.